The molecule has 1 heterocycles. The van der Waals surface area contributed by atoms with Crippen molar-refractivity contribution in [2.75, 3.05) is 7.11 Å². The van der Waals surface area contributed by atoms with Gasteiger partial charge < -0.3 is 4.74 Å². The fraction of sp³-hybridized carbons (Fsp3) is 0.214. The first kappa shape index (κ1) is 11.9. The Morgan fingerprint density at radius 2 is 2.24 bits per heavy atom. The van der Waals surface area contributed by atoms with Gasteiger partial charge in [-0.15, -0.1) is 11.3 Å². The first-order valence-corrected chi connectivity index (χ1v) is 6.37. The molecule has 2 rings (SSSR count). The lowest BCUT2D eigenvalue weighted by atomic mass is 10.2. The Morgan fingerprint density at radius 1 is 1.35 bits per heavy atom. The number of thiophene rings is 1. The first-order chi connectivity index (χ1) is 8.29. The predicted octanol–water partition coefficient (Wildman–Crippen LogP) is 4.01. The molecule has 2 aromatic rings. The maximum Gasteiger partial charge on any atom is 0.144 e. The molecular formula is C14H15NOS. The van der Waals surface area contributed by atoms with Crippen LogP contribution >= 0.6 is 11.3 Å². The van der Waals surface area contributed by atoms with Gasteiger partial charge in [-0.25, -0.2) is 0 Å². The van der Waals surface area contributed by atoms with E-state index in [1.54, 1.807) is 18.4 Å². The molecule has 0 atom stereocenters. The van der Waals surface area contributed by atoms with Crippen LogP contribution in [0.2, 0.25) is 0 Å². The van der Waals surface area contributed by atoms with Gasteiger partial charge in [-0.3, -0.25) is 4.99 Å². The van der Waals surface area contributed by atoms with Crippen molar-refractivity contribution in [1.82, 2.24) is 0 Å². The highest BCUT2D eigenvalue weighted by Crippen LogP contribution is 2.27. The maximum atomic E-state index is 5.28. The zero-order chi connectivity index (χ0) is 12.1. The highest BCUT2D eigenvalue weighted by atomic mass is 32.1. The summed E-state index contributed by atoms with van der Waals surface area (Å²) in [7, 11) is 1.67. The molecule has 1 aromatic carbocycles. The van der Waals surface area contributed by atoms with Crippen molar-refractivity contribution in [3.05, 3.63) is 46.2 Å². The van der Waals surface area contributed by atoms with Crippen LogP contribution in [0.1, 0.15) is 10.4 Å². The molecule has 0 fully saturated rings. The van der Waals surface area contributed by atoms with Crippen LogP contribution in [0.3, 0.4) is 0 Å². The number of benzene rings is 1. The Hall–Kier alpha value is -1.61. The third-order valence-corrected chi connectivity index (χ3v) is 3.34. The number of nitrogens with zero attached hydrogens (tertiary/aromatic N) is 1. The highest BCUT2D eigenvalue weighted by molar-refractivity contribution is 7.10. The normalized spacial score (nSPS) is 10.9. The second-order valence-corrected chi connectivity index (χ2v) is 4.80. The lowest BCUT2D eigenvalue weighted by Gasteiger charge is -2.04. The molecule has 2 nitrogen and oxygen atoms in total. The summed E-state index contributed by atoms with van der Waals surface area (Å²) in [5.41, 5.74) is 2.08. The summed E-state index contributed by atoms with van der Waals surface area (Å²) in [6.45, 7) is 2.05. The van der Waals surface area contributed by atoms with Crippen molar-refractivity contribution < 1.29 is 4.74 Å². The maximum absolute atomic E-state index is 5.28. The zero-order valence-corrected chi connectivity index (χ0v) is 10.8. The largest absolute Gasteiger partial charge is 0.494 e. The van der Waals surface area contributed by atoms with Crippen LogP contribution in [0.5, 0.6) is 5.75 Å². The van der Waals surface area contributed by atoms with E-state index in [1.165, 1.54) is 10.4 Å². The molecule has 0 N–H and O–H groups in total. The third-order valence-electron chi connectivity index (χ3n) is 2.44. The molecule has 1 aromatic heterocycles. The van der Waals surface area contributed by atoms with Gasteiger partial charge in [0.05, 0.1) is 7.11 Å². The highest BCUT2D eigenvalue weighted by Gasteiger charge is 2.00. The van der Waals surface area contributed by atoms with Crippen LogP contribution < -0.4 is 4.74 Å². The number of rotatable bonds is 4. The second-order valence-electron chi connectivity index (χ2n) is 3.77. The minimum absolute atomic E-state index is 0.818. The molecule has 0 unspecified atom stereocenters. The topological polar surface area (TPSA) is 21.6 Å². The average molecular weight is 245 g/mol. The van der Waals surface area contributed by atoms with E-state index in [4.69, 9.17) is 4.74 Å². The molecule has 0 aliphatic heterocycles. The number of hydrogen-bond donors (Lipinski definition) is 0. The SMILES string of the molecule is COc1ccc(C)cc1N=CCc1cccs1. The molecular weight excluding hydrogens is 230 g/mol. The van der Waals surface area contributed by atoms with E-state index in [0.717, 1.165) is 17.9 Å². The second kappa shape index (κ2) is 5.64. The monoisotopic (exact) mass is 245 g/mol. The predicted molar refractivity (Wildman–Crippen MR) is 73.9 cm³/mol. The molecule has 0 aliphatic carbocycles. The summed E-state index contributed by atoms with van der Waals surface area (Å²) >= 11 is 1.75. The van der Waals surface area contributed by atoms with Crippen molar-refractivity contribution in [3.63, 3.8) is 0 Å². The number of aryl methyl sites for hydroxylation is 1. The smallest absolute Gasteiger partial charge is 0.144 e. The number of methoxy groups -OCH3 is 1. The van der Waals surface area contributed by atoms with E-state index in [0.29, 0.717) is 0 Å². The summed E-state index contributed by atoms with van der Waals surface area (Å²) in [6, 6.07) is 10.2. The minimum atomic E-state index is 0.818. The van der Waals surface area contributed by atoms with Crippen molar-refractivity contribution in [3.8, 4) is 5.75 Å². The Bertz CT molecular complexity index is 503. The van der Waals surface area contributed by atoms with Crippen molar-refractivity contribution in [2.24, 2.45) is 4.99 Å². The van der Waals surface area contributed by atoms with Crippen LogP contribution in [-0.2, 0) is 6.42 Å². The van der Waals surface area contributed by atoms with Crippen LogP contribution in [0.15, 0.2) is 40.7 Å². The van der Waals surface area contributed by atoms with Gasteiger partial charge in [0.1, 0.15) is 11.4 Å². The minimum Gasteiger partial charge on any atom is -0.494 e. The molecule has 0 amide bonds. The molecule has 0 aliphatic rings. The van der Waals surface area contributed by atoms with Gasteiger partial charge in [0.2, 0.25) is 0 Å². The van der Waals surface area contributed by atoms with Gasteiger partial charge in [-0.1, -0.05) is 12.1 Å². The van der Waals surface area contributed by atoms with Gasteiger partial charge >= 0.3 is 0 Å². The van der Waals surface area contributed by atoms with Crippen LogP contribution in [0.25, 0.3) is 0 Å². The van der Waals surface area contributed by atoms with Crippen LogP contribution in [0.4, 0.5) is 5.69 Å². The summed E-state index contributed by atoms with van der Waals surface area (Å²) < 4.78 is 5.28. The van der Waals surface area contributed by atoms with Crippen LogP contribution in [-0.4, -0.2) is 13.3 Å². The standard InChI is InChI=1S/C14H15NOS/c1-11-5-6-14(16-2)13(10-11)15-8-7-12-4-3-9-17-12/h3-6,8-10H,7H2,1-2H3. The molecule has 0 saturated heterocycles. The number of ether oxygens (including phenoxy) is 1. The van der Waals surface area contributed by atoms with Crippen molar-refractivity contribution in [2.45, 2.75) is 13.3 Å². The lowest BCUT2D eigenvalue weighted by Crippen LogP contribution is -1.85. The van der Waals surface area contributed by atoms with E-state index < -0.39 is 0 Å². The summed E-state index contributed by atoms with van der Waals surface area (Å²) in [4.78, 5) is 5.79. The van der Waals surface area contributed by atoms with Crippen molar-refractivity contribution >= 4 is 23.2 Å². The third kappa shape index (κ3) is 3.17. The number of aliphatic imine (C=N–C) groups is 1. The zero-order valence-electron chi connectivity index (χ0n) is 10.0. The van der Waals surface area contributed by atoms with Gasteiger partial charge in [-0.2, -0.15) is 0 Å². The van der Waals surface area contributed by atoms with Gasteiger partial charge in [-0.05, 0) is 36.1 Å². The fourth-order valence-electron chi connectivity index (χ4n) is 1.56. The van der Waals surface area contributed by atoms with E-state index in [2.05, 4.69) is 29.4 Å². The molecule has 88 valence electrons. The van der Waals surface area contributed by atoms with E-state index in [1.807, 2.05) is 24.4 Å². The first-order valence-electron chi connectivity index (χ1n) is 5.49. The van der Waals surface area contributed by atoms with Gasteiger partial charge in [0.15, 0.2) is 0 Å². The quantitative estimate of drug-likeness (QED) is 0.746. The molecule has 0 bridgehead atoms. The van der Waals surface area contributed by atoms with Crippen molar-refractivity contribution in [1.29, 1.82) is 0 Å². The van der Waals surface area contributed by atoms with Crippen LogP contribution in [0, 0.1) is 6.92 Å². The van der Waals surface area contributed by atoms with E-state index in [9.17, 15) is 0 Å². The number of hydrogen-bond acceptors (Lipinski definition) is 3. The average Bonchev–Trinajstić information content (AvgIpc) is 2.82. The summed E-state index contributed by atoms with van der Waals surface area (Å²) in [5.74, 6) is 0.818. The molecule has 0 spiro atoms. The molecule has 3 heteroatoms. The Morgan fingerprint density at radius 3 is 2.94 bits per heavy atom. The van der Waals surface area contributed by atoms with E-state index >= 15 is 0 Å². The van der Waals surface area contributed by atoms with Gasteiger partial charge in [0.25, 0.3) is 0 Å². The van der Waals surface area contributed by atoms with E-state index in [-0.39, 0.29) is 0 Å². The Labute approximate surface area is 106 Å². The Balaban J connectivity index is 2.12. The van der Waals surface area contributed by atoms with Gasteiger partial charge in [0, 0.05) is 17.5 Å². The molecule has 0 saturated carbocycles. The lowest BCUT2D eigenvalue weighted by molar-refractivity contribution is 0.416. The molecule has 17 heavy (non-hydrogen) atoms. The Kier molecular flexibility index (Phi) is 3.94. The fourth-order valence-corrected chi connectivity index (χ4v) is 2.22. The summed E-state index contributed by atoms with van der Waals surface area (Å²) in [5, 5.41) is 2.08. The summed E-state index contributed by atoms with van der Waals surface area (Å²) in [6.07, 6.45) is 2.80. The molecule has 0 radical (unpaired) electrons.